The van der Waals surface area contributed by atoms with Crippen LogP contribution in [0.25, 0.3) is 11.8 Å². The molecule has 7 heteroatoms. The molecule has 31 heavy (non-hydrogen) atoms. The number of nitro groups is 1. The van der Waals surface area contributed by atoms with Gasteiger partial charge in [-0.3, -0.25) is 14.9 Å². The highest BCUT2D eigenvalue weighted by Crippen LogP contribution is 2.29. The van der Waals surface area contributed by atoms with Gasteiger partial charge in [-0.15, -0.1) is 0 Å². The Bertz CT molecular complexity index is 1270. The van der Waals surface area contributed by atoms with Crippen LogP contribution in [0.1, 0.15) is 29.4 Å². The van der Waals surface area contributed by atoms with Crippen LogP contribution < -0.4 is 5.01 Å². The Balaban J connectivity index is 1.73. The maximum Gasteiger partial charge on any atom is 0.280 e. The molecule has 0 N–H and O–H groups in total. The van der Waals surface area contributed by atoms with Gasteiger partial charge in [-0.05, 0) is 69.2 Å². The topological polar surface area (TPSA) is 80.7 Å². The summed E-state index contributed by atoms with van der Waals surface area (Å²) >= 11 is 0. The molecule has 0 saturated heterocycles. The van der Waals surface area contributed by atoms with Gasteiger partial charge in [0.1, 0.15) is 0 Å². The summed E-state index contributed by atoms with van der Waals surface area (Å²) in [6.45, 7) is 7.63. The zero-order valence-electron chi connectivity index (χ0n) is 17.8. The molecule has 156 valence electrons. The number of amides is 1. The van der Waals surface area contributed by atoms with E-state index in [0.717, 1.165) is 33.9 Å². The number of aryl methyl sites for hydroxylation is 2. The molecule has 1 amide bonds. The van der Waals surface area contributed by atoms with Gasteiger partial charge < -0.3 is 4.57 Å². The van der Waals surface area contributed by atoms with E-state index in [1.54, 1.807) is 12.1 Å². The SMILES string of the molecule is CC1=NN(c2ccccc2)C(=O)/C1=C/c1cc(C)n(-c2ccc([N+](=O)[O-])cc2C)c1C. The van der Waals surface area contributed by atoms with Gasteiger partial charge in [-0.1, -0.05) is 18.2 Å². The highest BCUT2D eigenvalue weighted by atomic mass is 16.6. The van der Waals surface area contributed by atoms with E-state index < -0.39 is 4.92 Å². The van der Waals surface area contributed by atoms with Gasteiger partial charge in [0.25, 0.3) is 11.6 Å². The second kappa shape index (κ2) is 7.68. The summed E-state index contributed by atoms with van der Waals surface area (Å²) in [6, 6.07) is 16.2. The van der Waals surface area contributed by atoms with Gasteiger partial charge in [0.05, 0.1) is 21.9 Å². The first-order chi connectivity index (χ1) is 14.8. The minimum Gasteiger partial charge on any atom is -0.318 e. The van der Waals surface area contributed by atoms with E-state index in [1.807, 2.05) is 74.7 Å². The van der Waals surface area contributed by atoms with Crippen molar-refractivity contribution in [2.75, 3.05) is 5.01 Å². The number of carbonyl (C=O) groups is 1. The molecule has 4 rings (SSSR count). The number of hydrazone groups is 1. The van der Waals surface area contributed by atoms with Gasteiger partial charge in [-0.25, -0.2) is 0 Å². The molecule has 0 atom stereocenters. The van der Waals surface area contributed by atoms with Crippen LogP contribution in [0, 0.1) is 30.9 Å². The first kappa shape index (κ1) is 20.3. The molecular formula is C24H22N4O3. The van der Waals surface area contributed by atoms with Crippen molar-refractivity contribution in [3.8, 4) is 5.69 Å². The Hall–Kier alpha value is -4.00. The largest absolute Gasteiger partial charge is 0.318 e. The normalized spacial score (nSPS) is 15.0. The van der Waals surface area contributed by atoms with Gasteiger partial charge in [-0.2, -0.15) is 10.1 Å². The Kier molecular flexibility index (Phi) is 5.02. The maximum atomic E-state index is 13.0. The lowest BCUT2D eigenvalue weighted by molar-refractivity contribution is -0.384. The summed E-state index contributed by atoms with van der Waals surface area (Å²) in [6.07, 6.45) is 1.86. The fraction of sp³-hybridized carbons (Fsp3) is 0.167. The van der Waals surface area contributed by atoms with E-state index in [2.05, 4.69) is 5.10 Å². The minimum absolute atomic E-state index is 0.0652. The number of para-hydroxylation sites is 1. The Morgan fingerprint density at radius 3 is 2.35 bits per heavy atom. The molecule has 0 aliphatic carbocycles. The monoisotopic (exact) mass is 414 g/mol. The molecule has 3 aromatic rings. The first-order valence-electron chi connectivity index (χ1n) is 9.89. The van der Waals surface area contributed by atoms with Crippen LogP contribution in [0.4, 0.5) is 11.4 Å². The number of nitrogens with zero attached hydrogens (tertiary/aromatic N) is 4. The standard InChI is InChI=1S/C24H22N4O3/c1-15-12-21(28(30)31)10-11-23(15)26-16(2)13-19(18(26)4)14-22-17(3)25-27(24(22)29)20-8-6-5-7-9-20/h5-14H,1-4H3/b22-14+. The second-order valence-corrected chi connectivity index (χ2v) is 7.59. The number of carbonyl (C=O) groups excluding carboxylic acids is 1. The predicted octanol–water partition coefficient (Wildman–Crippen LogP) is 5.12. The van der Waals surface area contributed by atoms with Crippen LogP contribution in [0.3, 0.4) is 0 Å². The van der Waals surface area contributed by atoms with E-state index in [9.17, 15) is 14.9 Å². The molecule has 0 unspecified atom stereocenters. The Morgan fingerprint density at radius 1 is 1.00 bits per heavy atom. The molecule has 7 nitrogen and oxygen atoms in total. The van der Waals surface area contributed by atoms with Crippen LogP contribution in [-0.2, 0) is 4.79 Å². The first-order valence-corrected chi connectivity index (χ1v) is 9.89. The average Bonchev–Trinajstić information content (AvgIpc) is 3.18. The zero-order chi connectivity index (χ0) is 22.3. The number of rotatable bonds is 4. The highest BCUT2D eigenvalue weighted by Gasteiger charge is 2.29. The van der Waals surface area contributed by atoms with Crippen LogP contribution in [0.5, 0.6) is 0 Å². The van der Waals surface area contributed by atoms with Crippen molar-refractivity contribution in [2.24, 2.45) is 5.10 Å². The second-order valence-electron chi connectivity index (χ2n) is 7.59. The molecule has 2 aromatic carbocycles. The highest BCUT2D eigenvalue weighted by molar-refractivity contribution is 6.32. The number of hydrogen-bond acceptors (Lipinski definition) is 4. The van der Waals surface area contributed by atoms with Crippen molar-refractivity contribution in [3.05, 3.63) is 92.8 Å². The molecule has 0 fully saturated rings. The summed E-state index contributed by atoms with van der Waals surface area (Å²) < 4.78 is 2.05. The molecule has 0 radical (unpaired) electrons. The molecule has 1 aliphatic heterocycles. The van der Waals surface area contributed by atoms with Crippen LogP contribution in [0.15, 0.2) is 65.3 Å². The van der Waals surface area contributed by atoms with Crippen molar-refractivity contribution in [1.29, 1.82) is 0 Å². The molecule has 2 heterocycles. The number of hydrogen-bond donors (Lipinski definition) is 0. The lowest BCUT2D eigenvalue weighted by Crippen LogP contribution is -2.21. The summed E-state index contributed by atoms with van der Waals surface area (Å²) in [5.74, 6) is -0.167. The predicted molar refractivity (Wildman–Crippen MR) is 122 cm³/mol. The number of anilines is 1. The van der Waals surface area contributed by atoms with Gasteiger partial charge in [0, 0.05) is 29.2 Å². The van der Waals surface area contributed by atoms with Crippen molar-refractivity contribution in [1.82, 2.24) is 4.57 Å². The molecule has 1 aromatic heterocycles. The van der Waals surface area contributed by atoms with Crippen LogP contribution >= 0.6 is 0 Å². The van der Waals surface area contributed by atoms with Gasteiger partial charge in [0.2, 0.25) is 0 Å². The maximum absolute atomic E-state index is 13.0. The quantitative estimate of drug-likeness (QED) is 0.338. The third kappa shape index (κ3) is 3.54. The molecule has 1 aliphatic rings. The van der Waals surface area contributed by atoms with Crippen molar-refractivity contribution in [3.63, 3.8) is 0 Å². The van der Waals surface area contributed by atoms with Crippen LogP contribution in [0.2, 0.25) is 0 Å². The fourth-order valence-electron chi connectivity index (χ4n) is 3.89. The summed E-state index contributed by atoms with van der Waals surface area (Å²) in [4.78, 5) is 23.7. The number of nitro benzene ring substituents is 1. The Labute approximate surface area is 180 Å². The molecule has 0 spiro atoms. The molecule has 0 saturated carbocycles. The Morgan fingerprint density at radius 2 is 1.71 bits per heavy atom. The van der Waals surface area contributed by atoms with E-state index in [1.165, 1.54) is 11.1 Å². The number of benzene rings is 2. The lowest BCUT2D eigenvalue weighted by Gasteiger charge is -2.13. The van der Waals surface area contributed by atoms with Gasteiger partial charge >= 0.3 is 0 Å². The third-order valence-corrected chi connectivity index (χ3v) is 5.47. The van der Waals surface area contributed by atoms with Crippen LogP contribution in [-0.4, -0.2) is 21.1 Å². The van der Waals surface area contributed by atoms with E-state index >= 15 is 0 Å². The number of aromatic nitrogens is 1. The fourth-order valence-corrected chi connectivity index (χ4v) is 3.89. The zero-order valence-corrected chi connectivity index (χ0v) is 17.8. The molecule has 0 bridgehead atoms. The van der Waals surface area contributed by atoms with Crippen molar-refractivity contribution >= 4 is 29.1 Å². The average molecular weight is 414 g/mol. The third-order valence-electron chi connectivity index (χ3n) is 5.47. The summed E-state index contributed by atoms with van der Waals surface area (Å²) in [5.41, 5.74) is 6.50. The van der Waals surface area contributed by atoms with E-state index in [0.29, 0.717) is 11.3 Å². The smallest absolute Gasteiger partial charge is 0.280 e. The van der Waals surface area contributed by atoms with Crippen molar-refractivity contribution < 1.29 is 9.72 Å². The number of non-ortho nitro benzene ring substituents is 1. The van der Waals surface area contributed by atoms with Crippen molar-refractivity contribution in [2.45, 2.75) is 27.7 Å². The lowest BCUT2D eigenvalue weighted by atomic mass is 10.1. The minimum atomic E-state index is -0.395. The van der Waals surface area contributed by atoms with E-state index in [-0.39, 0.29) is 11.6 Å². The summed E-state index contributed by atoms with van der Waals surface area (Å²) in [5, 5.41) is 16.9. The summed E-state index contributed by atoms with van der Waals surface area (Å²) in [7, 11) is 0. The van der Waals surface area contributed by atoms with Gasteiger partial charge in [0.15, 0.2) is 0 Å². The van der Waals surface area contributed by atoms with E-state index in [4.69, 9.17) is 0 Å². The molecular weight excluding hydrogens is 392 g/mol.